The lowest BCUT2D eigenvalue weighted by atomic mass is 10.2. The quantitative estimate of drug-likeness (QED) is 0.629. The summed E-state index contributed by atoms with van der Waals surface area (Å²) in [7, 11) is 3.82. The molecule has 1 N–H and O–H groups in total. The molecule has 0 fully saturated rings. The van der Waals surface area contributed by atoms with E-state index in [-0.39, 0.29) is 5.91 Å². The van der Waals surface area contributed by atoms with Gasteiger partial charge in [0, 0.05) is 32.1 Å². The molecule has 3 aromatic rings. The summed E-state index contributed by atoms with van der Waals surface area (Å²) in [5.74, 6) is 1.68. The Morgan fingerprint density at radius 3 is 2.48 bits per heavy atom. The number of nitrogens with zero attached hydrogens (tertiary/aromatic N) is 3. The van der Waals surface area contributed by atoms with Gasteiger partial charge in [-0.15, -0.1) is 0 Å². The average molecular weight is 392 g/mol. The number of pyridine rings is 2. The highest BCUT2D eigenvalue weighted by molar-refractivity contribution is 6.04. The topological polar surface area (TPSA) is 76.6 Å². The highest BCUT2D eigenvalue weighted by Gasteiger charge is 2.13. The highest BCUT2D eigenvalue weighted by atomic mass is 16.5. The van der Waals surface area contributed by atoms with Gasteiger partial charge in [-0.05, 0) is 55.0 Å². The molecule has 0 saturated heterocycles. The monoisotopic (exact) mass is 392 g/mol. The van der Waals surface area contributed by atoms with Crippen LogP contribution < -0.4 is 19.7 Å². The molecule has 0 spiro atoms. The molecule has 0 atom stereocenters. The Bertz CT molecular complexity index is 944. The Morgan fingerprint density at radius 1 is 1.03 bits per heavy atom. The van der Waals surface area contributed by atoms with E-state index in [2.05, 4.69) is 15.3 Å². The fourth-order valence-corrected chi connectivity index (χ4v) is 2.60. The number of carbonyl (C=O) groups excluding carboxylic acids is 1. The summed E-state index contributed by atoms with van der Waals surface area (Å²) in [6.07, 6.45) is 5.06. The fraction of sp³-hybridized carbons (Fsp3) is 0.227. The third kappa shape index (κ3) is 5.44. The van der Waals surface area contributed by atoms with Gasteiger partial charge in [0.05, 0.1) is 18.5 Å². The van der Waals surface area contributed by atoms with E-state index in [1.54, 1.807) is 36.8 Å². The highest BCUT2D eigenvalue weighted by Crippen LogP contribution is 2.29. The number of nitrogens with one attached hydrogen (secondary N) is 1. The smallest absolute Gasteiger partial charge is 0.255 e. The van der Waals surface area contributed by atoms with Gasteiger partial charge in [-0.2, -0.15) is 0 Å². The molecular formula is C22H24N4O3. The Kier molecular flexibility index (Phi) is 6.63. The number of carbonyl (C=O) groups is 1. The van der Waals surface area contributed by atoms with Crippen LogP contribution in [-0.2, 0) is 6.61 Å². The molecular weight excluding hydrogens is 368 g/mol. The molecule has 0 unspecified atom stereocenters. The minimum Gasteiger partial charge on any atom is -0.490 e. The maximum Gasteiger partial charge on any atom is 0.255 e. The zero-order valence-electron chi connectivity index (χ0n) is 16.8. The van der Waals surface area contributed by atoms with E-state index in [4.69, 9.17) is 9.47 Å². The molecule has 7 nitrogen and oxygen atoms in total. The molecule has 150 valence electrons. The van der Waals surface area contributed by atoms with Gasteiger partial charge in [0.15, 0.2) is 11.5 Å². The molecule has 0 radical (unpaired) electrons. The van der Waals surface area contributed by atoms with Crippen LogP contribution in [0.25, 0.3) is 0 Å². The molecule has 0 aliphatic carbocycles. The van der Waals surface area contributed by atoms with E-state index in [0.717, 1.165) is 11.4 Å². The van der Waals surface area contributed by atoms with Gasteiger partial charge < -0.3 is 19.7 Å². The molecule has 3 rings (SSSR count). The van der Waals surface area contributed by atoms with Gasteiger partial charge in [-0.3, -0.25) is 9.78 Å². The first-order valence-corrected chi connectivity index (χ1v) is 9.30. The first kappa shape index (κ1) is 20.1. The predicted octanol–water partition coefficient (Wildman–Crippen LogP) is 3.77. The number of rotatable bonds is 8. The van der Waals surface area contributed by atoms with Crippen LogP contribution in [0.3, 0.4) is 0 Å². The summed E-state index contributed by atoms with van der Waals surface area (Å²) in [6, 6.07) is 12.6. The molecule has 0 aliphatic rings. The van der Waals surface area contributed by atoms with Crippen molar-refractivity contribution in [2.24, 2.45) is 0 Å². The molecule has 7 heteroatoms. The second-order valence-electron chi connectivity index (χ2n) is 6.49. The van der Waals surface area contributed by atoms with Crippen molar-refractivity contribution >= 4 is 17.4 Å². The fourth-order valence-electron chi connectivity index (χ4n) is 2.60. The van der Waals surface area contributed by atoms with Crippen LogP contribution in [0, 0.1) is 0 Å². The summed E-state index contributed by atoms with van der Waals surface area (Å²) in [5.41, 5.74) is 2.09. The number of amides is 1. The molecule has 0 saturated carbocycles. The summed E-state index contributed by atoms with van der Waals surface area (Å²) in [4.78, 5) is 22.8. The van der Waals surface area contributed by atoms with Crippen LogP contribution in [0.1, 0.15) is 22.8 Å². The van der Waals surface area contributed by atoms with Crippen molar-refractivity contribution < 1.29 is 14.3 Å². The molecule has 1 aromatic carbocycles. The number of ether oxygens (including phenoxy) is 2. The van der Waals surface area contributed by atoms with Crippen molar-refractivity contribution in [1.82, 2.24) is 9.97 Å². The Labute approximate surface area is 170 Å². The molecule has 2 aromatic heterocycles. The summed E-state index contributed by atoms with van der Waals surface area (Å²) in [6.45, 7) is 2.74. The number of hydrogen-bond donors (Lipinski definition) is 1. The van der Waals surface area contributed by atoms with Crippen LogP contribution in [0.4, 0.5) is 11.5 Å². The van der Waals surface area contributed by atoms with Gasteiger partial charge in [0.2, 0.25) is 0 Å². The van der Waals surface area contributed by atoms with E-state index < -0.39 is 0 Å². The van der Waals surface area contributed by atoms with E-state index in [1.165, 1.54) is 0 Å². The van der Waals surface area contributed by atoms with Crippen LogP contribution >= 0.6 is 0 Å². The third-order valence-electron chi connectivity index (χ3n) is 4.11. The number of benzene rings is 1. The van der Waals surface area contributed by atoms with Crippen LogP contribution in [0.15, 0.2) is 61.1 Å². The van der Waals surface area contributed by atoms with Crippen molar-refractivity contribution in [2.45, 2.75) is 13.5 Å². The summed E-state index contributed by atoms with van der Waals surface area (Å²) in [5, 5.41) is 2.85. The summed E-state index contributed by atoms with van der Waals surface area (Å²) >= 11 is 0. The maximum atomic E-state index is 12.6. The normalized spacial score (nSPS) is 10.3. The molecule has 0 aliphatic heterocycles. The van der Waals surface area contributed by atoms with E-state index in [1.807, 2.05) is 50.2 Å². The van der Waals surface area contributed by atoms with Gasteiger partial charge in [0.1, 0.15) is 12.4 Å². The Morgan fingerprint density at radius 2 is 1.83 bits per heavy atom. The van der Waals surface area contributed by atoms with Gasteiger partial charge >= 0.3 is 0 Å². The van der Waals surface area contributed by atoms with Crippen LogP contribution in [0.5, 0.6) is 11.5 Å². The lowest BCUT2D eigenvalue weighted by Gasteiger charge is -2.14. The van der Waals surface area contributed by atoms with Crippen molar-refractivity contribution in [3.8, 4) is 11.5 Å². The number of hydrogen-bond acceptors (Lipinski definition) is 6. The van der Waals surface area contributed by atoms with E-state index >= 15 is 0 Å². The van der Waals surface area contributed by atoms with Gasteiger partial charge in [-0.25, -0.2) is 4.98 Å². The lowest BCUT2D eigenvalue weighted by molar-refractivity contribution is 0.102. The second kappa shape index (κ2) is 9.54. The SMILES string of the molecule is CCOc1cc(C(=O)Nc2ccc(N(C)C)nc2)ccc1OCc1ccncc1. The Balaban J connectivity index is 1.71. The van der Waals surface area contributed by atoms with Crippen LogP contribution in [-0.4, -0.2) is 36.6 Å². The molecule has 29 heavy (non-hydrogen) atoms. The Hall–Kier alpha value is -3.61. The van der Waals surface area contributed by atoms with Gasteiger partial charge in [-0.1, -0.05) is 0 Å². The van der Waals surface area contributed by atoms with Crippen molar-refractivity contribution in [1.29, 1.82) is 0 Å². The number of aromatic nitrogens is 2. The molecule has 0 bridgehead atoms. The average Bonchev–Trinajstić information content (AvgIpc) is 2.74. The van der Waals surface area contributed by atoms with E-state index in [0.29, 0.717) is 36.0 Å². The second-order valence-corrected chi connectivity index (χ2v) is 6.49. The van der Waals surface area contributed by atoms with Gasteiger partial charge in [0.25, 0.3) is 5.91 Å². The first-order chi connectivity index (χ1) is 14.1. The van der Waals surface area contributed by atoms with Crippen molar-refractivity contribution in [3.63, 3.8) is 0 Å². The predicted molar refractivity (Wildman–Crippen MR) is 113 cm³/mol. The minimum absolute atomic E-state index is 0.244. The largest absolute Gasteiger partial charge is 0.490 e. The first-order valence-electron chi connectivity index (χ1n) is 9.30. The number of anilines is 2. The molecule has 1 amide bonds. The van der Waals surface area contributed by atoms with Crippen LogP contribution in [0.2, 0.25) is 0 Å². The summed E-state index contributed by atoms with van der Waals surface area (Å²) < 4.78 is 11.5. The molecule has 2 heterocycles. The standard InChI is InChI=1S/C22H24N4O3/c1-4-28-20-13-17(5-7-19(20)29-15-16-9-11-23-12-10-16)22(27)25-18-6-8-21(24-14-18)26(2)3/h5-14H,4,15H2,1-3H3,(H,25,27). The minimum atomic E-state index is -0.244. The van der Waals surface area contributed by atoms with Crippen molar-refractivity contribution in [2.75, 3.05) is 30.9 Å². The van der Waals surface area contributed by atoms with Crippen molar-refractivity contribution in [3.05, 3.63) is 72.2 Å². The zero-order chi connectivity index (χ0) is 20.6. The maximum absolute atomic E-state index is 12.6. The zero-order valence-corrected chi connectivity index (χ0v) is 16.8. The third-order valence-corrected chi connectivity index (χ3v) is 4.11. The lowest BCUT2D eigenvalue weighted by Crippen LogP contribution is -2.14. The van der Waals surface area contributed by atoms with E-state index in [9.17, 15) is 4.79 Å².